The zero-order chi connectivity index (χ0) is 19.6. The minimum atomic E-state index is -0.564. The zero-order valence-corrected chi connectivity index (χ0v) is 16.1. The molecule has 0 aliphatic heterocycles. The second-order valence-corrected chi connectivity index (χ2v) is 6.54. The van der Waals surface area contributed by atoms with Gasteiger partial charge >= 0.3 is 11.9 Å². The SMILES string of the molecule is CCOC(=O)CCCNC(=O)COC(=O)Cc1nc(-c2cccs2)oc1C. The van der Waals surface area contributed by atoms with Crippen LogP contribution in [0.1, 0.15) is 31.2 Å². The quantitative estimate of drug-likeness (QED) is 0.486. The largest absolute Gasteiger partial charge is 0.466 e. The Morgan fingerprint density at radius 3 is 2.78 bits per heavy atom. The number of thiophene rings is 1. The van der Waals surface area contributed by atoms with Gasteiger partial charge in [-0.05, 0) is 31.7 Å². The highest BCUT2D eigenvalue weighted by molar-refractivity contribution is 7.13. The second-order valence-electron chi connectivity index (χ2n) is 5.60. The Morgan fingerprint density at radius 1 is 1.26 bits per heavy atom. The van der Waals surface area contributed by atoms with E-state index in [0.29, 0.717) is 36.9 Å². The van der Waals surface area contributed by atoms with Gasteiger partial charge in [-0.15, -0.1) is 11.3 Å². The van der Waals surface area contributed by atoms with E-state index in [1.807, 2.05) is 17.5 Å². The molecule has 0 spiro atoms. The Morgan fingerprint density at radius 2 is 2.07 bits per heavy atom. The fraction of sp³-hybridized carbons (Fsp3) is 0.444. The minimum absolute atomic E-state index is 0.0726. The van der Waals surface area contributed by atoms with Crippen LogP contribution in [0.4, 0.5) is 0 Å². The maximum atomic E-state index is 11.9. The first-order chi connectivity index (χ1) is 13.0. The van der Waals surface area contributed by atoms with Crippen LogP contribution in [0.25, 0.3) is 10.8 Å². The summed E-state index contributed by atoms with van der Waals surface area (Å²) in [5.41, 5.74) is 0.484. The van der Waals surface area contributed by atoms with E-state index >= 15 is 0 Å². The highest BCUT2D eigenvalue weighted by atomic mass is 32.1. The van der Waals surface area contributed by atoms with Crippen LogP contribution in [0.3, 0.4) is 0 Å². The molecule has 0 unspecified atom stereocenters. The molecule has 0 atom stereocenters. The zero-order valence-electron chi connectivity index (χ0n) is 15.3. The predicted octanol–water partition coefficient (Wildman–Crippen LogP) is 2.26. The summed E-state index contributed by atoms with van der Waals surface area (Å²) in [5.74, 6) is -0.291. The third-order valence-corrected chi connectivity index (χ3v) is 4.34. The van der Waals surface area contributed by atoms with Crippen molar-refractivity contribution in [1.82, 2.24) is 10.3 Å². The van der Waals surface area contributed by atoms with Gasteiger partial charge in [-0.3, -0.25) is 14.4 Å². The molecule has 0 saturated carbocycles. The van der Waals surface area contributed by atoms with Crippen molar-refractivity contribution in [3.8, 4) is 10.8 Å². The van der Waals surface area contributed by atoms with E-state index in [1.165, 1.54) is 11.3 Å². The number of hydrogen-bond donors (Lipinski definition) is 1. The molecular formula is C18H22N2O6S. The molecule has 9 heteroatoms. The molecular weight excluding hydrogens is 372 g/mol. The molecule has 8 nitrogen and oxygen atoms in total. The number of nitrogens with zero attached hydrogens (tertiary/aromatic N) is 1. The molecule has 0 aliphatic rings. The van der Waals surface area contributed by atoms with Crippen LogP contribution in [-0.2, 0) is 30.3 Å². The normalized spacial score (nSPS) is 10.4. The lowest BCUT2D eigenvalue weighted by atomic mass is 10.3. The van der Waals surface area contributed by atoms with Crippen molar-refractivity contribution in [3.63, 3.8) is 0 Å². The maximum Gasteiger partial charge on any atom is 0.312 e. The van der Waals surface area contributed by atoms with Crippen LogP contribution in [0.2, 0.25) is 0 Å². The fourth-order valence-electron chi connectivity index (χ4n) is 2.18. The summed E-state index contributed by atoms with van der Waals surface area (Å²) in [4.78, 5) is 39.9. The number of carbonyl (C=O) groups excluding carboxylic acids is 3. The molecule has 0 aliphatic carbocycles. The second kappa shape index (κ2) is 10.5. The Kier molecular flexibility index (Phi) is 8.00. The van der Waals surface area contributed by atoms with Gasteiger partial charge in [-0.1, -0.05) is 6.07 Å². The third kappa shape index (κ3) is 6.86. The van der Waals surface area contributed by atoms with Gasteiger partial charge in [0.05, 0.1) is 23.6 Å². The molecule has 2 aromatic heterocycles. The van der Waals surface area contributed by atoms with Gasteiger partial charge in [0.1, 0.15) is 5.76 Å². The van der Waals surface area contributed by atoms with Crippen LogP contribution >= 0.6 is 11.3 Å². The molecule has 0 aromatic carbocycles. The first-order valence-electron chi connectivity index (χ1n) is 8.57. The molecule has 0 radical (unpaired) electrons. The summed E-state index contributed by atoms with van der Waals surface area (Å²) >= 11 is 1.49. The molecule has 0 bridgehead atoms. The lowest BCUT2D eigenvalue weighted by Gasteiger charge is -2.06. The van der Waals surface area contributed by atoms with Crippen LogP contribution in [0, 0.1) is 6.92 Å². The molecule has 2 aromatic rings. The molecule has 2 rings (SSSR count). The van der Waals surface area contributed by atoms with Crippen LogP contribution < -0.4 is 5.32 Å². The molecule has 1 amide bonds. The van der Waals surface area contributed by atoms with Gasteiger partial charge in [0.2, 0.25) is 5.89 Å². The molecule has 1 N–H and O–H groups in total. The number of oxazole rings is 1. The number of nitrogens with one attached hydrogen (secondary N) is 1. The van der Waals surface area contributed by atoms with Gasteiger partial charge in [-0.25, -0.2) is 4.98 Å². The molecule has 2 heterocycles. The number of carbonyl (C=O) groups is 3. The summed E-state index contributed by atoms with van der Waals surface area (Å²) < 4.78 is 15.3. The lowest BCUT2D eigenvalue weighted by Crippen LogP contribution is -2.30. The van der Waals surface area contributed by atoms with Crippen molar-refractivity contribution in [2.24, 2.45) is 0 Å². The van der Waals surface area contributed by atoms with Gasteiger partial charge < -0.3 is 19.2 Å². The number of hydrogen-bond acceptors (Lipinski definition) is 8. The first-order valence-corrected chi connectivity index (χ1v) is 9.45. The standard InChI is InChI=1S/C18H22N2O6S/c1-3-24-16(22)7-4-8-19-15(21)11-25-17(23)10-13-12(2)26-18(20-13)14-6-5-9-27-14/h5-6,9H,3-4,7-8,10-11H2,1-2H3,(H,19,21). The van der Waals surface area contributed by atoms with Crippen LogP contribution in [-0.4, -0.2) is 42.6 Å². The smallest absolute Gasteiger partial charge is 0.312 e. The lowest BCUT2D eigenvalue weighted by molar-refractivity contribution is -0.147. The molecule has 146 valence electrons. The maximum absolute atomic E-state index is 11.9. The summed E-state index contributed by atoms with van der Waals surface area (Å²) in [6, 6.07) is 3.77. The summed E-state index contributed by atoms with van der Waals surface area (Å²) in [6.45, 7) is 3.72. The Bertz CT molecular complexity index is 769. The van der Waals surface area contributed by atoms with Crippen molar-refractivity contribution in [1.29, 1.82) is 0 Å². The van der Waals surface area contributed by atoms with Crippen molar-refractivity contribution in [3.05, 3.63) is 29.0 Å². The van der Waals surface area contributed by atoms with E-state index in [2.05, 4.69) is 10.3 Å². The van der Waals surface area contributed by atoms with E-state index in [1.54, 1.807) is 13.8 Å². The van der Waals surface area contributed by atoms with Crippen LogP contribution in [0.5, 0.6) is 0 Å². The fourth-order valence-corrected chi connectivity index (χ4v) is 2.83. The molecule has 0 saturated heterocycles. The van der Waals surface area contributed by atoms with Crippen molar-refractivity contribution >= 4 is 29.2 Å². The Balaban J connectivity index is 1.69. The topological polar surface area (TPSA) is 108 Å². The predicted molar refractivity (Wildman–Crippen MR) is 98.1 cm³/mol. The first kappa shape index (κ1) is 20.6. The summed E-state index contributed by atoms with van der Waals surface area (Å²) in [7, 11) is 0. The highest BCUT2D eigenvalue weighted by Crippen LogP contribution is 2.26. The number of esters is 2. The van der Waals surface area contributed by atoms with Crippen molar-refractivity contribution < 1.29 is 28.3 Å². The highest BCUT2D eigenvalue weighted by Gasteiger charge is 2.16. The molecule has 0 fully saturated rings. The van der Waals surface area contributed by atoms with E-state index in [4.69, 9.17) is 13.9 Å². The number of ether oxygens (including phenoxy) is 2. The van der Waals surface area contributed by atoms with Gasteiger partial charge in [0, 0.05) is 13.0 Å². The van der Waals surface area contributed by atoms with Gasteiger partial charge in [0.15, 0.2) is 6.61 Å². The summed E-state index contributed by atoms with van der Waals surface area (Å²) in [5, 5.41) is 4.49. The van der Waals surface area contributed by atoms with E-state index in [9.17, 15) is 14.4 Å². The monoisotopic (exact) mass is 394 g/mol. The Hall–Kier alpha value is -2.68. The third-order valence-electron chi connectivity index (χ3n) is 3.49. The van der Waals surface area contributed by atoms with E-state index in [-0.39, 0.29) is 25.4 Å². The number of amides is 1. The average Bonchev–Trinajstić information content (AvgIpc) is 3.28. The van der Waals surface area contributed by atoms with Crippen molar-refractivity contribution in [2.45, 2.75) is 33.1 Å². The summed E-state index contributed by atoms with van der Waals surface area (Å²) in [6.07, 6.45) is 0.616. The average molecular weight is 394 g/mol. The Labute approximate surface area is 160 Å². The number of aryl methyl sites for hydroxylation is 1. The van der Waals surface area contributed by atoms with E-state index in [0.717, 1.165) is 4.88 Å². The van der Waals surface area contributed by atoms with Crippen LogP contribution in [0.15, 0.2) is 21.9 Å². The minimum Gasteiger partial charge on any atom is -0.466 e. The van der Waals surface area contributed by atoms with Crippen molar-refractivity contribution in [2.75, 3.05) is 19.8 Å². The molecule has 27 heavy (non-hydrogen) atoms. The number of aromatic nitrogens is 1. The van der Waals surface area contributed by atoms with Gasteiger partial charge in [-0.2, -0.15) is 0 Å². The van der Waals surface area contributed by atoms with Gasteiger partial charge in [0.25, 0.3) is 5.91 Å². The number of rotatable bonds is 10. The van der Waals surface area contributed by atoms with E-state index < -0.39 is 11.9 Å².